The predicted molar refractivity (Wildman–Crippen MR) is 40.3 cm³/mol. The van der Waals surface area contributed by atoms with Crippen LogP contribution in [-0.4, -0.2) is 19.6 Å². The van der Waals surface area contributed by atoms with Crippen molar-refractivity contribution in [2.24, 2.45) is 5.90 Å². The molecule has 3 N–H and O–H groups in total. The van der Waals surface area contributed by atoms with Gasteiger partial charge in [-0.05, 0) is 11.6 Å². The third-order valence-electron chi connectivity index (χ3n) is 1.52. The number of halogens is 2. The van der Waals surface area contributed by atoms with E-state index in [-0.39, 0.29) is 12.3 Å². The number of hydrogen-bond donors (Lipinski definition) is 2. The van der Waals surface area contributed by atoms with Gasteiger partial charge >= 0.3 is 0 Å². The van der Waals surface area contributed by atoms with E-state index in [0.29, 0.717) is 6.54 Å². The van der Waals surface area contributed by atoms with Crippen molar-refractivity contribution < 1.29 is 13.6 Å². The minimum atomic E-state index is -2.44. The van der Waals surface area contributed by atoms with E-state index in [1.165, 1.54) is 6.08 Å². The molecule has 0 amide bonds. The predicted octanol–water partition coefficient (Wildman–Crippen LogP) is 0.555. The van der Waals surface area contributed by atoms with Crippen LogP contribution in [-0.2, 0) is 4.84 Å². The molecule has 1 aliphatic heterocycles. The zero-order valence-electron chi connectivity index (χ0n) is 6.39. The minimum Gasteiger partial charge on any atom is -0.380 e. The van der Waals surface area contributed by atoms with E-state index in [9.17, 15) is 8.78 Å². The highest BCUT2D eigenvalue weighted by molar-refractivity contribution is 5.25. The van der Waals surface area contributed by atoms with Crippen LogP contribution in [0.15, 0.2) is 23.4 Å². The molecule has 0 fully saturated rings. The topological polar surface area (TPSA) is 47.3 Å². The molecule has 3 nitrogen and oxygen atoms in total. The third-order valence-corrected chi connectivity index (χ3v) is 1.52. The lowest BCUT2D eigenvalue weighted by Crippen LogP contribution is -2.26. The first-order chi connectivity index (χ1) is 5.74. The first-order valence-electron chi connectivity index (χ1n) is 3.47. The van der Waals surface area contributed by atoms with Gasteiger partial charge in [-0.2, -0.15) is 0 Å². The summed E-state index contributed by atoms with van der Waals surface area (Å²) in [6.07, 6.45) is 0.481. The molecule has 1 heterocycles. The Hall–Kier alpha value is -0.940. The Bertz CT molecular complexity index is 213. The second-order valence-corrected chi connectivity index (χ2v) is 2.41. The Morgan fingerprint density at radius 2 is 2.33 bits per heavy atom. The highest BCUT2D eigenvalue weighted by Gasteiger charge is 2.13. The SMILES string of the molecule is NOCC1=CC=C(C(F)F)NC1. The van der Waals surface area contributed by atoms with Crippen molar-refractivity contribution in [2.45, 2.75) is 6.43 Å². The Kier molecular flexibility index (Phi) is 3.19. The lowest BCUT2D eigenvalue weighted by molar-refractivity contribution is 0.157. The van der Waals surface area contributed by atoms with Crippen LogP contribution in [0.25, 0.3) is 0 Å². The fourth-order valence-corrected chi connectivity index (χ4v) is 0.897. The average molecular weight is 176 g/mol. The largest absolute Gasteiger partial charge is 0.380 e. The van der Waals surface area contributed by atoms with Gasteiger partial charge in [0.05, 0.1) is 12.3 Å². The molecule has 1 aliphatic rings. The van der Waals surface area contributed by atoms with E-state index in [4.69, 9.17) is 5.90 Å². The fourth-order valence-electron chi connectivity index (χ4n) is 0.897. The van der Waals surface area contributed by atoms with Crippen molar-refractivity contribution in [1.29, 1.82) is 0 Å². The highest BCUT2D eigenvalue weighted by atomic mass is 19.3. The minimum absolute atomic E-state index is 0.0595. The highest BCUT2D eigenvalue weighted by Crippen LogP contribution is 2.10. The van der Waals surface area contributed by atoms with Crippen molar-refractivity contribution in [2.75, 3.05) is 13.2 Å². The number of nitrogens with one attached hydrogen (secondary N) is 1. The maximum absolute atomic E-state index is 12.0. The molecule has 0 radical (unpaired) electrons. The summed E-state index contributed by atoms with van der Waals surface area (Å²) in [5.74, 6) is 4.82. The summed E-state index contributed by atoms with van der Waals surface area (Å²) in [6.45, 7) is 0.632. The molecule has 0 atom stereocenters. The zero-order chi connectivity index (χ0) is 8.97. The molecule has 0 unspecified atom stereocenters. The summed E-state index contributed by atoms with van der Waals surface area (Å²) in [7, 11) is 0. The van der Waals surface area contributed by atoms with E-state index in [0.717, 1.165) is 5.57 Å². The lowest BCUT2D eigenvalue weighted by Gasteiger charge is -2.15. The quantitative estimate of drug-likeness (QED) is 0.617. The zero-order valence-corrected chi connectivity index (χ0v) is 6.39. The van der Waals surface area contributed by atoms with E-state index in [2.05, 4.69) is 10.2 Å². The van der Waals surface area contributed by atoms with Gasteiger partial charge in [0.15, 0.2) is 0 Å². The number of rotatable bonds is 3. The van der Waals surface area contributed by atoms with Gasteiger partial charge in [0, 0.05) is 6.54 Å². The maximum Gasteiger partial charge on any atom is 0.277 e. The van der Waals surface area contributed by atoms with Crippen molar-refractivity contribution >= 4 is 0 Å². The molecule has 12 heavy (non-hydrogen) atoms. The van der Waals surface area contributed by atoms with Gasteiger partial charge in [-0.15, -0.1) is 0 Å². The van der Waals surface area contributed by atoms with E-state index >= 15 is 0 Å². The fraction of sp³-hybridized carbons (Fsp3) is 0.429. The van der Waals surface area contributed by atoms with Gasteiger partial charge in [0.1, 0.15) is 0 Å². The van der Waals surface area contributed by atoms with Gasteiger partial charge in [-0.25, -0.2) is 14.7 Å². The summed E-state index contributed by atoms with van der Waals surface area (Å²) in [4.78, 5) is 4.35. The second kappa shape index (κ2) is 4.18. The summed E-state index contributed by atoms with van der Waals surface area (Å²) in [6, 6.07) is 0. The van der Waals surface area contributed by atoms with Gasteiger partial charge in [-0.3, -0.25) is 0 Å². The molecule has 5 heteroatoms. The Balaban J connectivity index is 2.54. The van der Waals surface area contributed by atoms with Crippen LogP contribution in [0.3, 0.4) is 0 Å². The first kappa shape index (κ1) is 9.15. The van der Waals surface area contributed by atoms with Crippen LogP contribution in [0.1, 0.15) is 0 Å². The van der Waals surface area contributed by atoms with Crippen molar-refractivity contribution in [3.05, 3.63) is 23.4 Å². The number of hydrogen-bond acceptors (Lipinski definition) is 3. The summed E-state index contributed by atoms with van der Waals surface area (Å²) < 4.78 is 24.0. The van der Waals surface area contributed by atoms with Crippen molar-refractivity contribution in [3.8, 4) is 0 Å². The van der Waals surface area contributed by atoms with E-state index in [1.54, 1.807) is 6.08 Å². The number of alkyl halides is 2. The molecule has 0 aromatic heterocycles. The normalized spacial score (nSPS) is 17.0. The van der Waals surface area contributed by atoms with Crippen molar-refractivity contribution in [1.82, 2.24) is 5.32 Å². The number of nitrogens with two attached hydrogens (primary N) is 1. The molecule has 0 aliphatic carbocycles. The van der Waals surface area contributed by atoms with E-state index in [1.807, 2.05) is 0 Å². The molecule has 0 bridgehead atoms. The monoisotopic (exact) mass is 176 g/mol. The Labute approximate surface area is 68.8 Å². The van der Waals surface area contributed by atoms with E-state index < -0.39 is 6.43 Å². The van der Waals surface area contributed by atoms with Crippen LogP contribution in [0.5, 0.6) is 0 Å². The lowest BCUT2D eigenvalue weighted by atomic mass is 10.2. The maximum atomic E-state index is 12.0. The smallest absolute Gasteiger partial charge is 0.277 e. The first-order valence-corrected chi connectivity index (χ1v) is 3.47. The molecule has 0 aromatic rings. The molecule has 68 valence electrons. The Morgan fingerprint density at radius 1 is 1.58 bits per heavy atom. The third kappa shape index (κ3) is 2.28. The molecule has 0 saturated heterocycles. The average Bonchev–Trinajstić information content (AvgIpc) is 2.06. The number of allylic oxidation sites excluding steroid dienone is 3. The van der Waals surface area contributed by atoms with Gasteiger partial charge in [0.2, 0.25) is 0 Å². The van der Waals surface area contributed by atoms with Gasteiger partial charge in [-0.1, -0.05) is 6.08 Å². The summed E-state index contributed by atoms with van der Waals surface area (Å²) >= 11 is 0. The van der Waals surface area contributed by atoms with Crippen LogP contribution in [0, 0.1) is 0 Å². The van der Waals surface area contributed by atoms with Gasteiger partial charge < -0.3 is 10.2 Å². The summed E-state index contributed by atoms with van der Waals surface area (Å²) in [5, 5.41) is 2.56. The number of dihydropyridines is 1. The molecule has 0 aromatic carbocycles. The van der Waals surface area contributed by atoms with Crippen LogP contribution in [0.2, 0.25) is 0 Å². The summed E-state index contributed by atoms with van der Waals surface area (Å²) in [5.41, 5.74) is 0.790. The Morgan fingerprint density at radius 3 is 2.75 bits per heavy atom. The molecule has 1 rings (SSSR count). The molecule has 0 spiro atoms. The van der Waals surface area contributed by atoms with Crippen LogP contribution in [0.4, 0.5) is 8.78 Å². The standard InChI is InChI=1S/C7H10F2N2O/c8-7(9)6-2-1-5(3-11-6)4-12-10/h1-2,7,11H,3-4,10H2. The van der Waals surface area contributed by atoms with Crippen molar-refractivity contribution in [3.63, 3.8) is 0 Å². The molecule has 0 saturated carbocycles. The van der Waals surface area contributed by atoms with Crippen LogP contribution < -0.4 is 11.2 Å². The van der Waals surface area contributed by atoms with Crippen LogP contribution >= 0.6 is 0 Å². The second-order valence-electron chi connectivity index (χ2n) is 2.41. The molecular formula is C7H10F2N2O. The molecular weight excluding hydrogens is 166 g/mol. The van der Waals surface area contributed by atoms with Gasteiger partial charge in [0.25, 0.3) is 6.43 Å².